The van der Waals surface area contributed by atoms with E-state index in [1.54, 1.807) is 30.3 Å². The van der Waals surface area contributed by atoms with Crippen LogP contribution in [0.1, 0.15) is 12.3 Å². The SMILES string of the molecule is O=C1CN(c2ccc(NC(=O)CCc3ncc(-c4ccccc4F)o3)cc2)CCN1. The number of carbonyl (C=O) groups is 2. The van der Waals surface area contributed by atoms with E-state index in [4.69, 9.17) is 4.42 Å². The fourth-order valence-corrected chi connectivity index (χ4v) is 3.27. The zero-order valence-corrected chi connectivity index (χ0v) is 16.2. The number of anilines is 2. The van der Waals surface area contributed by atoms with Crippen LogP contribution in [0.25, 0.3) is 11.3 Å². The van der Waals surface area contributed by atoms with E-state index in [1.807, 2.05) is 17.0 Å². The Morgan fingerprint density at radius 1 is 1.20 bits per heavy atom. The van der Waals surface area contributed by atoms with Gasteiger partial charge in [-0.3, -0.25) is 9.59 Å². The van der Waals surface area contributed by atoms with Gasteiger partial charge in [-0.15, -0.1) is 0 Å². The van der Waals surface area contributed by atoms with Gasteiger partial charge in [0, 0.05) is 37.3 Å². The number of aryl methyl sites for hydroxylation is 1. The lowest BCUT2D eigenvalue weighted by atomic mass is 10.2. The first-order valence-corrected chi connectivity index (χ1v) is 9.69. The van der Waals surface area contributed by atoms with Crippen molar-refractivity contribution in [1.29, 1.82) is 0 Å². The number of piperazine rings is 1. The number of oxazole rings is 1. The molecule has 154 valence electrons. The summed E-state index contributed by atoms with van der Waals surface area (Å²) in [4.78, 5) is 29.9. The molecule has 8 heteroatoms. The first-order chi connectivity index (χ1) is 14.6. The van der Waals surface area contributed by atoms with Crippen LogP contribution in [0, 0.1) is 5.82 Å². The highest BCUT2D eigenvalue weighted by atomic mass is 19.1. The molecule has 0 atom stereocenters. The Balaban J connectivity index is 1.30. The van der Waals surface area contributed by atoms with Gasteiger partial charge in [0.2, 0.25) is 11.8 Å². The molecule has 30 heavy (non-hydrogen) atoms. The molecular weight excluding hydrogens is 387 g/mol. The van der Waals surface area contributed by atoms with Crippen LogP contribution in [-0.4, -0.2) is 36.4 Å². The molecule has 2 N–H and O–H groups in total. The van der Waals surface area contributed by atoms with E-state index in [2.05, 4.69) is 15.6 Å². The summed E-state index contributed by atoms with van der Waals surface area (Å²) in [7, 11) is 0. The van der Waals surface area contributed by atoms with Gasteiger partial charge in [0.25, 0.3) is 0 Å². The molecule has 0 radical (unpaired) electrons. The topological polar surface area (TPSA) is 87.5 Å². The van der Waals surface area contributed by atoms with E-state index < -0.39 is 0 Å². The number of benzene rings is 2. The smallest absolute Gasteiger partial charge is 0.239 e. The molecule has 2 heterocycles. The van der Waals surface area contributed by atoms with E-state index in [0.29, 0.717) is 42.4 Å². The third-order valence-corrected chi connectivity index (χ3v) is 4.81. The van der Waals surface area contributed by atoms with Crippen LogP contribution < -0.4 is 15.5 Å². The van der Waals surface area contributed by atoms with Crippen LogP contribution in [0.3, 0.4) is 0 Å². The van der Waals surface area contributed by atoms with Gasteiger partial charge in [0.05, 0.1) is 18.3 Å². The Kier molecular flexibility index (Phi) is 5.74. The summed E-state index contributed by atoms with van der Waals surface area (Å²) in [6, 6.07) is 13.7. The lowest BCUT2D eigenvalue weighted by molar-refractivity contribution is -0.120. The molecule has 1 fully saturated rings. The lowest BCUT2D eigenvalue weighted by Crippen LogP contribution is -2.47. The van der Waals surface area contributed by atoms with Crippen LogP contribution in [0.4, 0.5) is 15.8 Å². The zero-order valence-electron chi connectivity index (χ0n) is 16.2. The molecule has 1 saturated heterocycles. The molecule has 0 spiro atoms. The number of carbonyl (C=O) groups excluding carboxylic acids is 2. The largest absolute Gasteiger partial charge is 0.441 e. The third kappa shape index (κ3) is 4.65. The molecule has 2 aromatic carbocycles. The summed E-state index contributed by atoms with van der Waals surface area (Å²) >= 11 is 0. The second-order valence-corrected chi connectivity index (χ2v) is 6.96. The van der Waals surface area contributed by atoms with Crippen molar-refractivity contribution < 1.29 is 18.4 Å². The van der Waals surface area contributed by atoms with Crippen molar-refractivity contribution in [2.24, 2.45) is 0 Å². The number of nitrogens with zero attached hydrogens (tertiary/aromatic N) is 2. The predicted molar refractivity (Wildman–Crippen MR) is 111 cm³/mol. The van der Waals surface area contributed by atoms with Crippen molar-refractivity contribution >= 4 is 23.2 Å². The second-order valence-electron chi connectivity index (χ2n) is 6.96. The van der Waals surface area contributed by atoms with Crippen LogP contribution in [0.2, 0.25) is 0 Å². The van der Waals surface area contributed by atoms with Crippen molar-refractivity contribution in [3.8, 4) is 11.3 Å². The lowest BCUT2D eigenvalue weighted by Gasteiger charge is -2.28. The van der Waals surface area contributed by atoms with Crippen molar-refractivity contribution in [3.05, 3.63) is 66.4 Å². The fraction of sp³-hybridized carbons (Fsp3) is 0.227. The number of aromatic nitrogens is 1. The monoisotopic (exact) mass is 408 g/mol. The van der Waals surface area contributed by atoms with Gasteiger partial charge in [0.1, 0.15) is 5.82 Å². The quantitative estimate of drug-likeness (QED) is 0.655. The summed E-state index contributed by atoms with van der Waals surface area (Å²) < 4.78 is 19.4. The second kappa shape index (κ2) is 8.77. The average molecular weight is 408 g/mol. The van der Waals surface area contributed by atoms with Crippen molar-refractivity contribution in [1.82, 2.24) is 10.3 Å². The Hall–Kier alpha value is -3.68. The minimum Gasteiger partial charge on any atom is -0.441 e. The third-order valence-electron chi connectivity index (χ3n) is 4.81. The summed E-state index contributed by atoms with van der Waals surface area (Å²) in [5, 5.41) is 5.62. The molecule has 1 aliphatic rings. The molecule has 4 rings (SSSR count). The first kappa shape index (κ1) is 19.6. The van der Waals surface area contributed by atoms with Gasteiger partial charge < -0.3 is 20.0 Å². The van der Waals surface area contributed by atoms with Crippen molar-refractivity contribution in [2.75, 3.05) is 29.9 Å². The van der Waals surface area contributed by atoms with E-state index in [9.17, 15) is 14.0 Å². The summed E-state index contributed by atoms with van der Waals surface area (Å²) in [5.74, 6) is 0.160. The van der Waals surface area contributed by atoms with E-state index >= 15 is 0 Å². The summed E-state index contributed by atoms with van der Waals surface area (Å²) in [6.07, 6.45) is 1.96. The Morgan fingerprint density at radius 3 is 2.77 bits per heavy atom. The van der Waals surface area contributed by atoms with E-state index in [1.165, 1.54) is 12.3 Å². The van der Waals surface area contributed by atoms with Gasteiger partial charge in [-0.1, -0.05) is 12.1 Å². The first-order valence-electron chi connectivity index (χ1n) is 9.69. The van der Waals surface area contributed by atoms with Crippen LogP contribution in [0.5, 0.6) is 0 Å². The maximum atomic E-state index is 13.8. The maximum Gasteiger partial charge on any atom is 0.239 e. The summed E-state index contributed by atoms with van der Waals surface area (Å²) in [6.45, 7) is 1.70. The number of rotatable bonds is 6. The van der Waals surface area contributed by atoms with Gasteiger partial charge in [0.15, 0.2) is 11.7 Å². The van der Waals surface area contributed by atoms with Crippen LogP contribution >= 0.6 is 0 Å². The van der Waals surface area contributed by atoms with Gasteiger partial charge in [-0.2, -0.15) is 0 Å². The molecular formula is C22H21FN4O3. The van der Waals surface area contributed by atoms with Crippen molar-refractivity contribution in [2.45, 2.75) is 12.8 Å². The Bertz CT molecular complexity index is 1050. The van der Waals surface area contributed by atoms with E-state index in [0.717, 1.165) is 12.2 Å². The molecule has 0 aliphatic carbocycles. The summed E-state index contributed by atoms with van der Waals surface area (Å²) in [5.41, 5.74) is 1.94. The van der Waals surface area contributed by atoms with Gasteiger partial charge >= 0.3 is 0 Å². The Morgan fingerprint density at radius 2 is 2.00 bits per heavy atom. The molecule has 3 aromatic rings. The molecule has 7 nitrogen and oxygen atoms in total. The van der Waals surface area contributed by atoms with Crippen molar-refractivity contribution in [3.63, 3.8) is 0 Å². The maximum absolute atomic E-state index is 13.8. The highest BCUT2D eigenvalue weighted by molar-refractivity contribution is 5.91. The van der Waals surface area contributed by atoms with E-state index in [-0.39, 0.29) is 24.1 Å². The minimum atomic E-state index is -0.383. The highest BCUT2D eigenvalue weighted by Gasteiger charge is 2.16. The average Bonchev–Trinajstić information content (AvgIpc) is 3.22. The normalized spacial score (nSPS) is 13.8. The number of hydrogen-bond acceptors (Lipinski definition) is 5. The van der Waals surface area contributed by atoms with Gasteiger partial charge in [-0.25, -0.2) is 9.37 Å². The number of nitrogens with one attached hydrogen (secondary N) is 2. The molecule has 1 aliphatic heterocycles. The molecule has 2 amide bonds. The molecule has 0 saturated carbocycles. The number of halogens is 1. The highest BCUT2D eigenvalue weighted by Crippen LogP contribution is 2.24. The number of amides is 2. The minimum absolute atomic E-state index is 0.00308. The molecule has 0 unspecified atom stereocenters. The fourth-order valence-electron chi connectivity index (χ4n) is 3.27. The van der Waals surface area contributed by atoms with Crippen LogP contribution in [0.15, 0.2) is 59.1 Å². The van der Waals surface area contributed by atoms with Crippen LogP contribution in [-0.2, 0) is 16.0 Å². The van der Waals surface area contributed by atoms with Gasteiger partial charge in [-0.05, 0) is 36.4 Å². The number of hydrogen-bond donors (Lipinski definition) is 2. The predicted octanol–water partition coefficient (Wildman–Crippen LogP) is 2.99. The molecule has 1 aromatic heterocycles. The Labute approximate surface area is 172 Å². The standard InChI is InChI=1S/C22H21FN4O3/c23-18-4-2-1-3-17(18)19-13-25-22(30-19)10-9-20(28)26-15-5-7-16(8-6-15)27-12-11-24-21(29)14-27/h1-8,13H,9-12,14H2,(H,24,29)(H,26,28). The molecule has 0 bridgehead atoms. The zero-order chi connectivity index (χ0) is 20.9.